The summed E-state index contributed by atoms with van der Waals surface area (Å²) in [6.07, 6.45) is 5.30. The van der Waals surface area contributed by atoms with Gasteiger partial charge in [-0.2, -0.15) is 0 Å². The number of urea groups is 1. The van der Waals surface area contributed by atoms with Crippen molar-refractivity contribution in [1.82, 2.24) is 19.8 Å². The molecule has 0 unspecified atom stereocenters. The highest BCUT2D eigenvalue weighted by molar-refractivity contribution is 5.75. The molecule has 2 amide bonds. The van der Waals surface area contributed by atoms with Gasteiger partial charge in [0.15, 0.2) is 0 Å². The highest BCUT2D eigenvalue weighted by Gasteiger charge is 2.21. The van der Waals surface area contributed by atoms with Crippen LogP contribution in [0, 0.1) is 5.82 Å². The van der Waals surface area contributed by atoms with Crippen molar-refractivity contribution < 1.29 is 9.18 Å². The first-order valence-corrected chi connectivity index (χ1v) is 7.79. The van der Waals surface area contributed by atoms with Crippen molar-refractivity contribution in [3.8, 4) is 0 Å². The van der Waals surface area contributed by atoms with Crippen LogP contribution in [0.4, 0.5) is 9.18 Å². The summed E-state index contributed by atoms with van der Waals surface area (Å²) in [7, 11) is 0. The summed E-state index contributed by atoms with van der Waals surface area (Å²) in [4.78, 5) is 18.2. The van der Waals surface area contributed by atoms with Crippen LogP contribution in [0.25, 0.3) is 0 Å². The fourth-order valence-corrected chi connectivity index (χ4v) is 2.56. The van der Waals surface area contributed by atoms with Crippen molar-refractivity contribution in [3.05, 3.63) is 54.4 Å². The van der Waals surface area contributed by atoms with Crippen LogP contribution < -0.4 is 5.32 Å². The molecule has 23 heavy (non-hydrogen) atoms. The van der Waals surface area contributed by atoms with Gasteiger partial charge in [0.25, 0.3) is 0 Å². The highest BCUT2D eigenvalue weighted by Crippen LogP contribution is 2.20. The molecule has 2 rings (SSSR count). The Bertz CT molecular complexity index is 612. The van der Waals surface area contributed by atoms with Gasteiger partial charge in [-0.25, -0.2) is 14.2 Å². The number of amides is 2. The number of nitrogens with one attached hydrogen (secondary N) is 1. The van der Waals surface area contributed by atoms with E-state index in [1.54, 1.807) is 29.6 Å². The molecule has 1 aromatic carbocycles. The Morgan fingerprint density at radius 3 is 2.61 bits per heavy atom. The molecule has 1 aromatic heterocycles. The van der Waals surface area contributed by atoms with E-state index in [2.05, 4.69) is 10.3 Å². The van der Waals surface area contributed by atoms with E-state index >= 15 is 0 Å². The van der Waals surface area contributed by atoms with Crippen molar-refractivity contribution in [1.29, 1.82) is 0 Å². The zero-order valence-electron chi connectivity index (χ0n) is 13.7. The molecule has 1 N–H and O–H groups in total. The standard InChI is InChI=1S/C17H23FN4O/c1-4-22(14(3)15-5-7-16(18)8-6-15)17(23)20-13(2)11-21-10-9-19-12-21/h5-10,12-14H,4,11H2,1-3H3,(H,20,23)/t13-,14+/m0/s1. The van der Waals surface area contributed by atoms with Gasteiger partial charge in [0.05, 0.1) is 12.4 Å². The zero-order chi connectivity index (χ0) is 16.8. The smallest absolute Gasteiger partial charge is 0.318 e. The van der Waals surface area contributed by atoms with Crippen LogP contribution in [0.3, 0.4) is 0 Å². The summed E-state index contributed by atoms with van der Waals surface area (Å²) in [6.45, 7) is 7.06. The Hall–Kier alpha value is -2.37. The van der Waals surface area contributed by atoms with E-state index < -0.39 is 0 Å². The molecule has 0 radical (unpaired) electrons. The molecular formula is C17H23FN4O. The number of hydrogen-bond acceptors (Lipinski definition) is 2. The largest absolute Gasteiger partial charge is 0.335 e. The average molecular weight is 318 g/mol. The van der Waals surface area contributed by atoms with Gasteiger partial charge in [0, 0.05) is 31.5 Å². The van der Waals surface area contributed by atoms with Crippen LogP contribution in [0.2, 0.25) is 0 Å². The number of rotatable bonds is 6. The Morgan fingerprint density at radius 2 is 2.04 bits per heavy atom. The van der Waals surface area contributed by atoms with E-state index in [4.69, 9.17) is 0 Å². The van der Waals surface area contributed by atoms with Crippen molar-refractivity contribution in [2.24, 2.45) is 0 Å². The maximum absolute atomic E-state index is 13.0. The van der Waals surface area contributed by atoms with Gasteiger partial charge >= 0.3 is 6.03 Å². The lowest BCUT2D eigenvalue weighted by Gasteiger charge is -2.30. The van der Waals surface area contributed by atoms with Crippen LogP contribution >= 0.6 is 0 Å². The van der Waals surface area contributed by atoms with Crippen molar-refractivity contribution >= 4 is 6.03 Å². The number of nitrogens with zero attached hydrogens (tertiary/aromatic N) is 3. The zero-order valence-corrected chi connectivity index (χ0v) is 13.7. The summed E-state index contributed by atoms with van der Waals surface area (Å²) in [5.74, 6) is -0.276. The predicted octanol–water partition coefficient (Wildman–Crippen LogP) is 3.20. The molecule has 0 aliphatic carbocycles. The molecule has 124 valence electrons. The van der Waals surface area contributed by atoms with Crippen LogP contribution in [-0.2, 0) is 6.54 Å². The molecule has 0 fully saturated rings. The minimum atomic E-state index is -0.276. The fraction of sp³-hybridized carbons (Fsp3) is 0.412. The van der Waals surface area contributed by atoms with E-state index in [0.717, 1.165) is 5.56 Å². The van der Waals surface area contributed by atoms with Gasteiger partial charge in [0.2, 0.25) is 0 Å². The van der Waals surface area contributed by atoms with Gasteiger partial charge in [-0.3, -0.25) is 0 Å². The van der Waals surface area contributed by atoms with E-state index in [0.29, 0.717) is 13.1 Å². The van der Waals surface area contributed by atoms with Gasteiger partial charge in [0.1, 0.15) is 5.82 Å². The van der Waals surface area contributed by atoms with E-state index in [1.807, 2.05) is 31.5 Å². The maximum atomic E-state index is 13.0. The quantitative estimate of drug-likeness (QED) is 0.889. The lowest BCUT2D eigenvalue weighted by Crippen LogP contribution is -2.46. The Balaban J connectivity index is 1.98. The minimum Gasteiger partial charge on any atom is -0.335 e. The van der Waals surface area contributed by atoms with E-state index in [1.165, 1.54) is 12.1 Å². The predicted molar refractivity (Wildman–Crippen MR) is 87.4 cm³/mol. The second-order valence-corrected chi connectivity index (χ2v) is 5.62. The molecule has 1 heterocycles. The number of halogens is 1. The van der Waals surface area contributed by atoms with E-state index in [-0.39, 0.29) is 23.9 Å². The average Bonchev–Trinajstić information content (AvgIpc) is 3.01. The highest BCUT2D eigenvalue weighted by atomic mass is 19.1. The lowest BCUT2D eigenvalue weighted by atomic mass is 10.1. The summed E-state index contributed by atoms with van der Waals surface area (Å²) in [5, 5.41) is 3.00. The molecule has 0 saturated carbocycles. The maximum Gasteiger partial charge on any atom is 0.318 e. The molecule has 0 saturated heterocycles. The number of imidazole rings is 1. The number of benzene rings is 1. The minimum absolute atomic E-state index is 0.0221. The Morgan fingerprint density at radius 1 is 1.35 bits per heavy atom. The number of carbonyl (C=O) groups is 1. The molecule has 2 aromatic rings. The van der Waals surface area contributed by atoms with Crippen LogP contribution in [0.5, 0.6) is 0 Å². The van der Waals surface area contributed by atoms with E-state index in [9.17, 15) is 9.18 Å². The monoisotopic (exact) mass is 318 g/mol. The summed E-state index contributed by atoms with van der Waals surface area (Å²) in [5.41, 5.74) is 0.908. The van der Waals surface area contributed by atoms with Crippen LogP contribution in [0.1, 0.15) is 32.4 Å². The first-order valence-electron chi connectivity index (χ1n) is 7.79. The number of aromatic nitrogens is 2. The molecular weight excluding hydrogens is 295 g/mol. The molecule has 0 spiro atoms. The normalized spacial score (nSPS) is 13.4. The van der Waals surface area contributed by atoms with Gasteiger partial charge in [-0.05, 0) is 38.5 Å². The Kier molecular flexibility index (Phi) is 5.73. The number of hydrogen-bond donors (Lipinski definition) is 1. The second-order valence-electron chi connectivity index (χ2n) is 5.62. The van der Waals surface area contributed by atoms with Crippen molar-refractivity contribution in [3.63, 3.8) is 0 Å². The van der Waals surface area contributed by atoms with Crippen LogP contribution in [-0.4, -0.2) is 33.1 Å². The van der Waals surface area contributed by atoms with Gasteiger partial charge in [-0.1, -0.05) is 12.1 Å². The molecule has 0 aliphatic rings. The van der Waals surface area contributed by atoms with Crippen molar-refractivity contribution in [2.75, 3.05) is 6.54 Å². The molecule has 0 bridgehead atoms. The lowest BCUT2D eigenvalue weighted by molar-refractivity contribution is 0.178. The summed E-state index contributed by atoms with van der Waals surface area (Å²) >= 11 is 0. The second kappa shape index (κ2) is 7.76. The van der Waals surface area contributed by atoms with Gasteiger partial charge < -0.3 is 14.8 Å². The first-order chi connectivity index (χ1) is 11.0. The van der Waals surface area contributed by atoms with Crippen LogP contribution in [0.15, 0.2) is 43.0 Å². The summed E-state index contributed by atoms with van der Waals surface area (Å²) in [6, 6.07) is 5.98. The molecule has 6 heteroatoms. The third kappa shape index (κ3) is 4.55. The fourth-order valence-electron chi connectivity index (χ4n) is 2.56. The Labute approximate surface area is 136 Å². The summed E-state index contributed by atoms with van der Waals surface area (Å²) < 4.78 is 15.0. The van der Waals surface area contributed by atoms with Gasteiger partial charge in [-0.15, -0.1) is 0 Å². The van der Waals surface area contributed by atoms with Crippen molar-refractivity contribution in [2.45, 2.75) is 39.4 Å². The molecule has 5 nitrogen and oxygen atoms in total. The molecule has 0 aliphatic heterocycles. The molecule has 2 atom stereocenters. The number of carbonyl (C=O) groups excluding carboxylic acids is 1. The topological polar surface area (TPSA) is 50.2 Å². The third-order valence-corrected chi connectivity index (χ3v) is 3.84. The SMILES string of the molecule is CCN(C(=O)N[C@@H](C)Cn1ccnc1)[C@H](C)c1ccc(F)cc1. The first kappa shape index (κ1) is 17.0. The third-order valence-electron chi connectivity index (χ3n) is 3.84.